The van der Waals surface area contributed by atoms with Crippen LogP contribution in [0.15, 0.2) is 11.2 Å². The van der Waals surface area contributed by atoms with Gasteiger partial charge in [0.25, 0.3) is 0 Å². The average molecular weight is 468 g/mol. The molecule has 2 heterocycles. The number of esters is 1. The molecule has 0 spiro atoms. The molecule has 1 N–H and O–H groups in total. The number of aromatic nitrogens is 3. The van der Waals surface area contributed by atoms with Crippen molar-refractivity contribution in [3.8, 4) is 0 Å². The van der Waals surface area contributed by atoms with Crippen LogP contribution in [0.4, 0.5) is 0 Å². The number of guanidine groups is 1. The van der Waals surface area contributed by atoms with Crippen molar-refractivity contribution >= 4 is 47.7 Å². The number of rotatable bonds is 4. The third-order valence-corrected chi connectivity index (χ3v) is 4.77. The minimum absolute atomic E-state index is 0. The molecule has 1 saturated heterocycles. The van der Waals surface area contributed by atoms with Crippen LogP contribution in [-0.4, -0.2) is 69.6 Å². The Morgan fingerprint density at radius 2 is 2.29 bits per heavy atom. The Hall–Kier alpha value is -1.04. The Balaban J connectivity index is 0.00000288. The van der Waals surface area contributed by atoms with Crippen molar-refractivity contribution in [3.63, 3.8) is 0 Å². The smallest absolute Gasteiger partial charge is 0.327 e. The number of carbonyl (C=O) groups excluding carboxylic acids is 1. The maximum atomic E-state index is 11.2. The van der Waals surface area contributed by atoms with E-state index in [1.165, 1.54) is 11.8 Å². The van der Waals surface area contributed by atoms with Gasteiger partial charge in [0, 0.05) is 30.6 Å². The van der Waals surface area contributed by atoms with Gasteiger partial charge >= 0.3 is 5.97 Å². The van der Waals surface area contributed by atoms with Gasteiger partial charge in [-0.15, -0.1) is 29.1 Å². The van der Waals surface area contributed by atoms with Crippen LogP contribution < -0.4 is 5.32 Å². The minimum atomic E-state index is -0.349. The maximum Gasteiger partial charge on any atom is 0.327 e. The standard InChI is InChI=1S/C14H24N6O2S.HI/c1-14(2)10-19(5-6-23-14)13(15-3)16-7-11-8-20(18-17-11)9-12(21)22-4;/h8H,5-7,9-10H2,1-4H3,(H,15,16);1H. The molecule has 0 radical (unpaired) electrons. The first-order valence-electron chi connectivity index (χ1n) is 7.49. The summed E-state index contributed by atoms with van der Waals surface area (Å²) in [6, 6.07) is 0. The van der Waals surface area contributed by atoms with Gasteiger partial charge in [-0.2, -0.15) is 11.8 Å². The highest BCUT2D eigenvalue weighted by molar-refractivity contribution is 14.0. The summed E-state index contributed by atoms with van der Waals surface area (Å²) < 4.78 is 6.29. The van der Waals surface area contributed by atoms with Crippen LogP contribution in [0.25, 0.3) is 0 Å². The molecule has 0 saturated carbocycles. The zero-order valence-corrected chi connectivity index (χ0v) is 17.6. The van der Waals surface area contributed by atoms with E-state index >= 15 is 0 Å². The molecule has 2 rings (SSSR count). The van der Waals surface area contributed by atoms with E-state index < -0.39 is 0 Å². The lowest BCUT2D eigenvalue weighted by Crippen LogP contribution is -2.50. The van der Waals surface area contributed by atoms with Crippen molar-refractivity contribution in [2.45, 2.75) is 31.7 Å². The molecule has 8 nitrogen and oxygen atoms in total. The van der Waals surface area contributed by atoms with Crippen LogP contribution in [0, 0.1) is 0 Å². The lowest BCUT2D eigenvalue weighted by molar-refractivity contribution is -0.141. The quantitative estimate of drug-likeness (QED) is 0.305. The van der Waals surface area contributed by atoms with Gasteiger partial charge in [-0.3, -0.25) is 9.79 Å². The van der Waals surface area contributed by atoms with Crippen LogP contribution in [0.3, 0.4) is 0 Å². The topological polar surface area (TPSA) is 84.6 Å². The second-order valence-corrected chi connectivity index (χ2v) is 7.72. The molecule has 0 aliphatic carbocycles. The van der Waals surface area contributed by atoms with Crippen molar-refractivity contribution in [2.24, 2.45) is 4.99 Å². The average Bonchev–Trinajstić information content (AvgIpc) is 2.94. The molecule has 1 aliphatic rings. The van der Waals surface area contributed by atoms with Crippen molar-refractivity contribution in [2.75, 3.05) is 33.0 Å². The summed E-state index contributed by atoms with van der Waals surface area (Å²) in [5.41, 5.74) is 0.751. The molecule has 0 unspecified atom stereocenters. The third kappa shape index (κ3) is 6.11. The fraction of sp³-hybridized carbons (Fsp3) is 0.714. The minimum Gasteiger partial charge on any atom is -0.468 e. The molecule has 1 fully saturated rings. The summed E-state index contributed by atoms with van der Waals surface area (Å²) in [4.78, 5) is 17.8. The highest BCUT2D eigenvalue weighted by Gasteiger charge is 2.28. The SMILES string of the molecule is CN=C(NCc1cn(CC(=O)OC)nn1)N1CCSC(C)(C)C1.I. The molecular formula is C14H25IN6O2S. The molecule has 1 aromatic heterocycles. The van der Waals surface area contributed by atoms with Gasteiger partial charge in [0.15, 0.2) is 5.96 Å². The Kier molecular flexibility index (Phi) is 8.27. The van der Waals surface area contributed by atoms with Crippen molar-refractivity contribution in [1.82, 2.24) is 25.2 Å². The maximum absolute atomic E-state index is 11.2. The van der Waals surface area contributed by atoms with E-state index in [2.05, 4.69) is 44.1 Å². The Labute approximate surface area is 163 Å². The number of thioether (sulfide) groups is 1. The Bertz CT molecular complexity index is 577. The summed E-state index contributed by atoms with van der Waals surface area (Å²) in [6.07, 6.45) is 1.73. The lowest BCUT2D eigenvalue weighted by Gasteiger charge is -2.39. The van der Waals surface area contributed by atoms with E-state index in [1.54, 1.807) is 13.2 Å². The lowest BCUT2D eigenvalue weighted by atomic mass is 10.2. The van der Waals surface area contributed by atoms with Crippen molar-refractivity contribution in [3.05, 3.63) is 11.9 Å². The monoisotopic (exact) mass is 468 g/mol. The number of hydrogen-bond donors (Lipinski definition) is 1. The fourth-order valence-electron chi connectivity index (χ4n) is 2.39. The summed E-state index contributed by atoms with van der Waals surface area (Å²) in [5, 5.41) is 11.3. The van der Waals surface area contributed by atoms with E-state index in [0.717, 1.165) is 30.5 Å². The first-order chi connectivity index (χ1) is 10.9. The molecule has 24 heavy (non-hydrogen) atoms. The molecule has 0 atom stereocenters. The normalized spacial score (nSPS) is 17.2. The summed E-state index contributed by atoms with van der Waals surface area (Å²) >= 11 is 1.98. The van der Waals surface area contributed by atoms with Gasteiger partial charge in [-0.05, 0) is 13.8 Å². The van der Waals surface area contributed by atoms with Crippen LogP contribution in [0.1, 0.15) is 19.5 Å². The molecule has 0 bridgehead atoms. The predicted octanol–water partition coefficient (Wildman–Crippen LogP) is 0.972. The largest absolute Gasteiger partial charge is 0.468 e. The van der Waals surface area contributed by atoms with Crippen molar-refractivity contribution < 1.29 is 9.53 Å². The zero-order chi connectivity index (χ0) is 16.9. The summed E-state index contributed by atoms with van der Waals surface area (Å²) in [5.74, 6) is 1.60. The van der Waals surface area contributed by atoms with Gasteiger partial charge in [0.05, 0.1) is 19.9 Å². The Morgan fingerprint density at radius 1 is 1.54 bits per heavy atom. The molecule has 0 aromatic carbocycles. The summed E-state index contributed by atoms with van der Waals surface area (Å²) in [7, 11) is 3.13. The van der Waals surface area contributed by atoms with E-state index in [9.17, 15) is 4.79 Å². The zero-order valence-electron chi connectivity index (χ0n) is 14.5. The first-order valence-corrected chi connectivity index (χ1v) is 8.47. The van der Waals surface area contributed by atoms with Crippen LogP contribution >= 0.6 is 35.7 Å². The number of carbonyl (C=O) groups is 1. The molecule has 0 amide bonds. The second-order valence-electron chi connectivity index (χ2n) is 5.91. The highest BCUT2D eigenvalue weighted by Crippen LogP contribution is 2.29. The van der Waals surface area contributed by atoms with E-state index in [-0.39, 0.29) is 41.2 Å². The number of nitrogens with zero attached hydrogens (tertiary/aromatic N) is 5. The van der Waals surface area contributed by atoms with Gasteiger partial charge in [-0.1, -0.05) is 5.21 Å². The van der Waals surface area contributed by atoms with E-state index in [1.807, 2.05) is 11.8 Å². The number of methoxy groups -OCH3 is 1. The second kappa shape index (κ2) is 9.44. The first kappa shape index (κ1) is 21.0. The third-order valence-electron chi connectivity index (χ3n) is 3.47. The van der Waals surface area contributed by atoms with Crippen molar-refractivity contribution in [1.29, 1.82) is 0 Å². The summed E-state index contributed by atoms with van der Waals surface area (Å²) in [6.45, 7) is 6.99. The molecule has 1 aromatic rings. The van der Waals surface area contributed by atoms with E-state index in [0.29, 0.717) is 6.54 Å². The number of halogens is 1. The Morgan fingerprint density at radius 3 is 2.92 bits per heavy atom. The number of nitrogens with one attached hydrogen (secondary N) is 1. The van der Waals surface area contributed by atoms with Crippen LogP contribution in [0.5, 0.6) is 0 Å². The molecular weight excluding hydrogens is 443 g/mol. The molecule has 1 aliphatic heterocycles. The van der Waals surface area contributed by atoms with E-state index in [4.69, 9.17) is 0 Å². The number of aliphatic imine (C=N–C) groups is 1. The fourth-order valence-corrected chi connectivity index (χ4v) is 3.50. The number of hydrogen-bond acceptors (Lipinski definition) is 6. The van der Waals surface area contributed by atoms with Gasteiger partial charge in [0.1, 0.15) is 12.2 Å². The predicted molar refractivity (Wildman–Crippen MR) is 106 cm³/mol. The van der Waals surface area contributed by atoms with Gasteiger partial charge in [0.2, 0.25) is 0 Å². The number of ether oxygens (including phenoxy) is 1. The molecule has 136 valence electrons. The van der Waals surface area contributed by atoms with Gasteiger partial charge in [-0.25, -0.2) is 4.68 Å². The highest BCUT2D eigenvalue weighted by atomic mass is 127. The van der Waals surface area contributed by atoms with Gasteiger partial charge < -0.3 is 15.0 Å². The molecule has 10 heteroatoms. The van der Waals surface area contributed by atoms with Crippen LogP contribution in [-0.2, 0) is 22.6 Å². The van der Waals surface area contributed by atoms with Crippen LogP contribution in [0.2, 0.25) is 0 Å².